The molecule has 0 aromatic heterocycles. The van der Waals surface area contributed by atoms with Crippen molar-refractivity contribution in [2.45, 2.75) is 58.8 Å². The van der Waals surface area contributed by atoms with Gasteiger partial charge in [-0.05, 0) is 57.7 Å². The number of piperidine rings is 1. The van der Waals surface area contributed by atoms with Crippen molar-refractivity contribution in [2.75, 3.05) is 53.0 Å². The zero-order valence-electron chi connectivity index (χ0n) is 16.3. The highest BCUT2D eigenvalue weighted by Crippen LogP contribution is 2.09. The smallest absolute Gasteiger partial charge is 0.191 e. The summed E-state index contributed by atoms with van der Waals surface area (Å²) in [5.74, 6) is 1.60. The van der Waals surface area contributed by atoms with Crippen molar-refractivity contribution in [3.05, 3.63) is 0 Å². The zero-order valence-corrected chi connectivity index (χ0v) is 16.3. The van der Waals surface area contributed by atoms with Crippen LogP contribution < -0.4 is 10.6 Å². The summed E-state index contributed by atoms with van der Waals surface area (Å²) < 4.78 is 5.60. The third-order valence-corrected chi connectivity index (χ3v) is 4.49. The third-order valence-electron chi connectivity index (χ3n) is 4.49. The van der Waals surface area contributed by atoms with Gasteiger partial charge in [-0.3, -0.25) is 4.99 Å². The van der Waals surface area contributed by atoms with Gasteiger partial charge in [0.15, 0.2) is 5.96 Å². The summed E-state index contributed by atoms with van der Waals surface area (Å²) in [6.45, 7) is 11.7. The van der Waals surface area contributed by atoms with Crippen molar-refractivity contribution < 1.29 is 4.74 Å². The molecule has 1 fully saturated rings. The number of likely N-dealkylation sites (tertiary alicyclic amines) is 1. The number of aliphatic imine (C=N–C) groups is 1. The van der Waals surface area contributed by atoms with Gasteiger partial charge in [0.05, 0.1) is 6.61 Å². The fraction of sp³-hybridized carbons (Fsp3) is 0.947. The summed E-state index contributed by atoms with van der Waals surface area (Å²) in [6, 6.07) is 0. The van der Waals surface area contributed by atoms with Crippen LogP contribution in [0.4, 0.5) is 0 Å². The fourth-order valence-electron chi connectivity index (χ4n) is 2.91. The van der Waals surface area contributed by atoms with Crippen LogP contribution in [0.25, 0.3) is 0 Å². The first-order valence-electron chi connectivity index (χ1n) is 9.97. The topological polar surface area (TPSA) is 48.9 Å². The number of ether oxygens (including phenoxy) is 1. The van der Waals surface area contributed by atoms with E-state index >= 15 is 0 Å². The van der Waals surface area contributed by atoms with Crippen LogP contribution >= 0.6 is 0 Å². The molecule has 1 aliphatic rings. The van der Waals surface area contributed by atoms with Crippen molar-refractivity contribution in [2.24, 2.45) is 10.9 Å². The van der Waals surface area contributed by atoms with E-state index in [1.165, 1.54) is 58.2 Å². The average molecular weight is 341 g/mol. The van der Waals surface area contributed by atoms with E-state index in [0.29, 0.717) is 5.92 Å². The average Bonchev–Trinajstić information content (AvgIpc) is 2.59. The van der Waals surface area contributed by atoms with Crippen molar-refractivity contribution in [1.29, 1.82) is 0 Å². The number of hydrogen-bond acceptors (Lipinski definition) is 3. The molecule has 0 amide bonds. The lowest BCUT2D eigenvalue weighted by Crippen LogP contribution is -2.39. The van der Waals surface area contributed by atoms with E-state index in [9.17, 15) is 0 Å². The number of nitrogens with one attached hydrogen (secondary N) is 2. The summed E-state index contributed by atoms with van der Waals surface area (Å²) in [6.07, 6.45) is 9.16. The quantitative estimate of drug-likeness (QED) is 0.326. The Hall–Kier alpha value is -0.810. The van der Waals surface area contributed by atoms with Gasteiger partial charge >= 0.3 is 0 Å². The van der Waals surface area contributed by atoms with Gasteiger partial charge in [-0.15, -0.1) is 0 Å². The van der Waals surface area contributed by atoms with Crippen LogP contribution in [0.2, 0.25) is 0 Å². The maximum Gasteiger partial charge on any atom is 0.191 e. The van der Waals surface area contributed by atoms with Crippen LogP contribution in [-0.2, 0) is 4.74 Å². The van der Waals surface area contributed by atoms with Gasteiger partial charge in [0, 0.05) is 26.7 Å². The predicted octanol–water partition coefficient (Wildman–Crippen LogP) is 2.87. The van der Waals surface area contributed by atoms with Crippen LogP contribution in [0, 0.1) is 5.92 Å². The molecule has 5 heteroatoms. The molecule has 0 bridgehead atoms. The summed E-state index contributed by atoms with van der Waals surface area (Å²) >= 11 is 0. The summed E-state index contributed by atoms with van der Waals surface area (Å²) in [7, 11) is 1.82. The molecule has 2 N–H and O–H groups in total. The van der Waals surface area contributed by atoms with E-state index in [1.54, 1.807) is 0 Å². The molecule has 0 radical (unpaired) electrons. The molecule has 1 aliphatic heterocycles. The molecule has 0 unspecified atom stereocenters. The van der Waals surface area contributed by atoms with E-state index in [1.807, 2.05) is 7.05 Å². The monoisotopic (exact) mass is 340 g/mol. The van der Waals surface area contributed by atoms with Gasteiger partial charge in [-0.1, -0.05) is 26.7 Å². The highest BCUT2D eigenvalue weighted by atomic mass is 16.5. The van der Waals surface area contributed by atoms with Crippen LogP contribution in [0.3, 0.4) is 0 Å². The van der Waals surface area contributed by atoms with Gasteiger partial charge in [-0.25, -0.2) is 0 Å². The molecule has 0 aliphatic carbocycles. The molecule has 24 heavy (non-hydrogen) atoms. The SMILES string of the molecule is CN=C(NCCCCCN1CCCCC1)NCCOCCC(C)C. The lowest BCUT2D eigenvalue weighted by Gasteiger charge is -2.26. The lowest BCUT2D eigenvalue weighted by atomic mass is 10.1. The van der Waals surface area contributed by atoms with Crippen LogP contribution in [0.5, 0.6) is 0 Å². The second-order valence-electron chi connectivity index (χ2n) is 7.18. The molecule has 1 heterocycles. The Balaban J connectivity index is 1.90. The highest BCUT2D eigenvalue weighted by molar-refractivity contribution is 5.79. The maximum absolute atomic E-state index is 5.60. The number of rotatable bonds is 12. The Bertz CT molecular complexity index is 314. The molecule has 142 valence electrons. The van der Waals surface area contributed by atoms with E-state index in [4.69, 9.17) is 4.74 Å². The summed E-state index contributed by atoms with van der Waals surface area (Å²) in [4.78, 5) is 6.88. The minimum absolute atomic E-state index is 0.710. The van der Waals surface area contributed by atoms with Crippen LogP contribution in [-0.4, -0.2) is 63.8 Å². The molecule has 0 saturated carbocycles. The molecule has 0 aromatic rings. The first kappa shape index (κ1) is 21.2. The van der Waals surface area contributed by atoms with Gasteiger partial charge < -0.3 is 20.3 Å². The number of hydrogen-bond donors (Lipinski definition) is 2. The van der Waals surface area contributed by atoms with Crippen molar-refractivity contribution in [3.63, 3.8) is 0 Å². The highest BCUT2D eigenvalue weighted by Gasteiger charge is 2.08. The summed E-state index contributed by atoms with van der Waals surface area (Å²) in [5.41, 5.74) is 0. The maximum atomic E-state index is 5.60. The van der Waals surface area contributed by atoms with Gasteiger partial charge in [0.1, 0.15) is 0 Å². The first-order chi connectivity index (χ1) is 11.7. The molecular formula is C19H40N4O. The lowest BCUT2D eigenvalue weighted by molar-refractivity contribution is 0.128. The second-order valence-corrected chi connectivity index (χ2v) is 7.18. The summed E-state index contributed by atoms with van der Waals surface area (Å²) in [5, 5.41) is 6.69. The molecule has 1 saturated heterocycles. The van der Waals surface area contributed by atoms with E-state index < -0.39 is 0 Å². The molecule has 1 rings (SSSR count). The molecular weight excluding hydrogens is 300 g/mol. The van der Waals surface area contributed by atoms with Crippen molar-refractivity contribution in [3.8, 4) is 0 Å². The van der Waals surface area contributed by atoms with Crippen molar-refractivity contribution >= 4 is 5.96 Å². The van der Waals surface area contributed by atoms with Gasteiger partial charge in [0.2, 0.25) is 0 Å². The van der Waals surface area contributed by atoms with Gasteiger partial charge in [0.25, 0.3) is 0 Å². The Labute approximate surface area is 149 Å². The molecule has 0 spiro atoms. The Morgan fingerprint density at radius 1 is 1.00 bits per heavy atom. The minimum Gasteiger partial charge on any atom is -0.380 e. The van der Waals surface area contributed by atoms with E-state index in [0.717, 1.165) is 38.7 Å². The minimum atomic E-state index is 0.710. The van der Waals surface area contributed by atoms with E-state index in [2.05, 4.69) is 34.4 Å². The predicted molar refractivity (Wildman–Crippen MR) is 104 cm³/mol. The van der Waals surface area contributed by atoms with Crippen LogP contribution in [0.15, 0.2) is 4.99 Å². The molecule has 0 atom stereocenters. The number of nitrogens with zero attached hydrogens (tertiary/aromatic N) is 2. The number of unbranched alkanes of at least 4 members (excludes halogenated alkanes) is 2. The number of guanidine groups is 1. The van der Waals surface area contributed by atoms with Gasteiger partial charge in [-0.2, -0.15) is 0 Å². The zero-order chi connectivity index (χ0) is 17.5. The largest absolute Gasteiger partial charge is 0.380 e. The third kappa shape index (κ3) is 11.7. The molecule has 5 nitrogen and oxygen atoms in total. The Kier molecular flexibility index (Phi) is 12.9. The first-order valence-corrected chi connectivity index (χ1v) is 9.97. The fourth-order valence-corrected chi connectivity index (χ4v) is 2.91. The standard InChI is InChI=1S/C19H40N4O/c1-18(2)10-16-24-17-12-22-19(20-3)21-11-6-4-7-13-23-14-8-5-9-15-23/h18H,4-17H2,1-3H3,(H2,20,21,22). The normalized spacial score (nSPS) is 16.6. The Morgan fingerprint density at radius 3 is 2.46 bits per heavy atom. The Morgan fingerprint density at radius 2 is 1.75 bits per heavy atom. The molecule has 0 aromatic carbocycles. The van der Waals surface area contributed by atoms with Crippen LogP contribution in [0.1, 0.15) is 58.8 Å². The second kappa shape index (κ2) is 14.5. The van der Waals surface area contributed by atoms with Crippen molar-refractivity contribution in [1.82, 2.24) is 15.5 Å². The van der Waals surface area contributed by atoms with E-state index in [-0.39, 0.29) is 0 Å².